The summed E-state index contributed by atoms with van der Waals surface area (Å²) in [5, 5.41) is 0. The second kappa shape index (κ2) is 7.88. The van der Waals surface area contributed by atoms with Crippen LogP contribution in [0.1, 0.15) is 25.7 Å². The highest BCUT2D eigenvalue weighted by Crippen LogP contribution is 2.17. The molecule has 1 heterocycles. The number of amides is 1. The minimum atomic E-state index is 0.137. The van der Waals surface area contributed by atoms with E-state index in [1.54, 1.807) is 7.11 Å². The Hall–Kier alpha value is -1.75. The van der Waals surface area contributed by atoms with Crippen LogP contribution < -0.4 is 15.2 Å². The van der Waals surface area contributed by atoms with E-state index in [1.165, 1.54) is 0 Å². The molecule has 1 saturated heterocycles. The number of methoxy groups -OCH3 is 1. The first-order valence-corrected chi connectivity index (χ1v) is 7.49. The lowest BCUT2D eigenvalue weighted by Gasteiger charge is -2.30. The number of hydrogen-bond acceptors (Lipinski definition) is 4. The van der Waals surface area contributed by atoms with E-state index in [4.69, 9.17) is 15.2 Å². The van der Waals surface area contributed by atoms with Gasteiger partial charge in [-0.3, -0.25) is 4.79 Å². The van der Waals surface area contributed by atoms with Crippen molar-refractivity contribution in [2.24, 2.45) is 5.73 Å². The zero-order valence-electron chi connectivity index (χ0n) is 12.6. The molecule has 21 heavy (non-hydrogen) atoms. The SMILES string of the molecule is COc1ccc(OCCCC(=O)N2CCCC(N)C2)cc1. The van der Waals surface area contributed by atoms with E-state index in [0.717, 1.165) is 37.3 Å². The molecule has 1 aromatic carbocycles. The van der Waals surface area contributed by atoms with Gasteiger partial charge in [0, 0.05) is 25.6 Å². The molecule has 0 saturated carbocycles. The van der Waals surface area contributed by atoms with Gasteiger partial charge in [0.15, 0.2) is 0 Å². The number of carbonyl (C=O) groups excluding carboxylic acids is 1. The molecule has 2 rings (SSSR count). The van der Waals surface area contributed by atoms with Crippen LogP contribution in [0, 0.1) is 0 Å². The van der Waals surface area contributed by atoms with Crippen LogP contribution >= 0.6 is 0 Å². The van der Waals surface area contributed by atoms with E-state index < -0.39 is 0 Å². The summed E-state index contributed by atoms with van der Waals surface area (Å²) in [6.07, 6.45) is 3.26. The van der Waals surface area contributed by atoms with E-state index >= 15 is 0 Å². The fourth-order valence-corrected chi connectivity index (χ4v) is 2.48. The van der Waals surface area contributed by atoms with Crippen molar-refractivity contribution >= 4 is 5.91 Å². The Morgan fingerprint density at radius 3 is 2.71 bits per heavy atom. The molecule has 0 aliphatic carbocycles. The summed E-state index contributed by atoms with van der Waals surface area (Å²) in [6, 6.07) is 7.58. The number of ether oxygens (including phenoxy) is 2. The van der Waals surface area contributed by atoms with Crippen molar-refractivity contribution in [1.82, 2.24) is 4.90 Å². The number of benzene rings is 1. The predicted octanol–water partition coefficient (Wildman–Crippen LogP) is 1.80. The topological polar surface area (TPSA) is 64.8 Å². The molecule has 0 bridgehead atoms. The van der Waals surface area contributed by atoms with Gasteiger partial charge >= 0.3 is 0 Å². The van der Waals surface area contributed by atoms with Crippen LogP contribution in [-0.4, -0.2) is 43.7 Å². The van der Waals surface area contributed by atoms with Gasteiger partial charge in [0.1, 0.15) is 11.5 Å². The smallest absolute Gasteiger partial charge is 0.222 e. The maximum absolute atomic E-state index is 12.0. The van der Waals surface area contributed by atoms with Crippen molar-refractivity contribution in [2.45, 2.75) is 31.7 Å². The number of carbonyl (C=O) groups is 1. The van der Waals surface area contributed by atoms with Gasteiger partial charge < -0.3 is 20.1 Å². The van der Waals surface area contributed by atoms with Gasteiger partial charge in [-0.2, -0.15) is 0 Å². The molecule has 5 nitrogen and oxygen atoms in total. The van der Waals surface area contributed by atoms with Gasteiger partial charge in [0.25, 0.3) is 0 Å². The Kier molecular flexibility index (Phi) is 5.87. The fraction of sp³-hybridized carbons (Fsp3) is 0.562. The molecule has 1 fully saturated rings. The molecule has 0 radical (unpaired) electrons. The third-order valence-electron chi connectivity index (χ3n) is 3.67. The van der Waals surface area contributed by atoms with E-state index in [1.807, 2.05) is 29.2 Å². The second-order valence-electron chi connectivity index (χ2n) is 5.37. The van der Waals surface area contributed by atoms with Crippen molar-refractivity contribution < 1.29 is 14.3 Å². The largest absolute Gasteiger partial charge is 0.497 e. The minimum Gasteiger partial charge on any atom is -0.497 e. The maximum atomic E-state index is 12.0. The first-order chi connectivity index (χ1) is 10.2. The lowest BCUT2D eigenvalue weighted by atomic mass is 10.1. The Morgan fingerprint density at radius 2 is 2.05 bits per heavy atom. The molecular formula is C16H24N2O3. The summed E-state index contributed by atoms with van der Waals surface area (Å²) in [5.74, 6) is 1.78. The van der Waals surface area contributed by atoms with Crippen LogP contribution in [0.4, 0.5) is 0 Å². The number of rotatable bonds is 6. The standard InChI is InChI=1S/C16H24N2O3/c1-20-14-6-8-15(9-7-14)21-11-3-5-16(19)18-10-2-4-13(17)12-18/h6-9,13H,2-5,10-12,17H2,1H3. The third-order valence-corrected chi connectivity index (χ3v) is 3.67. The lowest BCUT2D eigenvalue weighted by Crippen LogP contribution is -2.45. The summed E-state index contributed by atoms with van der Waals surface area (Å²) in [5.41, 5.74) is 5.89. The van der Waals surface area contributed by atoms with Crippen LogP contribution in [0.5, 0.6) is 11.5 Å². The van der Waals surface area contributed by atoms with Gasteiger partial charge in [0.2, 0.25) is 5.91 Å². The number of nitrogens with two attached hydrogens (primary N) is 1. The van der Waals surface area contributed by atoms with Crippen molar-refractivity contribution in [2.75, 3.05) is 26.8 Å². The Morgan fingerprint density at radius 1 is 1.33 bits per heavy atom. The molecule has 1 amide bonds. The normalized spacial score (nSPS) is 18.4. The Balaban J connectivity index is 1.65. The van der Waals surface area contributed by atoms with Gasteiger partial charge in [0.05, 0.1) is 13.7 Å². The Labute approximate surface area is 126 Å². The molecule has 2 N–H and O–H groups in total. The molecule has 1 atom stereocenters. The van der Waals surface area contributed by atoms with Crippen LogP contribution in [0.25, 0.3) is 0 Å². The molecule has 1 aliphatic rings. The van der Waals surface area contributed by atoms with Crippen molar-refractivity contribution in [1.29, 1.82) is 0 Å². The molecule has 0 aromatic heterocycles. The minimum absolute atomic E-state index is 0.137. The summed E-state index contributed by atoms with van der Waals surface area (Å²) >= 11 is 0. The monoisotopic (exact) mass is 292 g/mol. The Bertz CT molecular complexity index is 447. The fourth-order valence-electron chi connectivity index (χ4n) is 2.48. The highest BCUT2D eigenvalue weighted by Gasteiger charge is 2.20. The van der Waals surface area contributed by atoms with Gasteiger partial charge in [-0.05, 0) is 43.5 Å². The average Bonchev–Trinajstić information content (AvgIpc) is 2.52. The predicted molar refractivity (Wildman–Crippen MR) is 81.5 cm³/mol. The van der Waals surface area contributed by atoms with E-state index in [0.29, 0.717) is 19.6 Å². The highest BCUT2D eigenvalue weighted by molar-refractivity contribution is 5.76. The summed E-state index contributed by atoms with van der Waals surface area (Å²) in [7, 11) is 1.63. The van der Waals surface area contributed by atoms with Crippen molar-refractivity contribution in [3.8, 4) is 11.5 Å². The molecule has 5 heteroatoms. The summed E-state index contributed by atoms with van der Waals surface area (Å²) < 4.78 is 10.7. The molecular weight excluding hydrogens is 268 g/mol. The molecule has 116 valence electrons. The lowest BCUT2D eigenvalue weighted by molar-refractivity contribution is -0.132. The van der Waals surface area contributed by atoms with E-state index in [9.17, 15) is 4.79 Å². The zero-order chi connectivity index (χ0) is 15.1. The number of piperidine rings is 1. The quantitative estimate of drug-likeness (QED) is 0.812. The van der Waals surface area contributed by atoms with Gasteiger partial charge in [-0.15, -0.1) is 0 Å². The van der Waals surface area contributed by atoms with Gasteiger partial charge in [-0.25, -0.2) is 0 Å². The summed E-state index contributed by atoms with van der Waals surface area (Å²) in [4.78, 5) is 13.9. The highest BCUT2D eigenvalue weighted by atomic mass is 16.5. The van der Waals surface area contributed by atoms with E-state index in [2.05, 4.69) is 0 Å². The third kappa shape index (κ3) is 4.93. The first-order valence-electron chi connectivity index (χ1n) is 7.49. The number of likely N-dealkylation sites (tertiary alicyclic amines) is 1. The van der Waals surface area contributed by atoms with Crippen LogP contribution in [0.3, 0.4) is 0 Å². The summed E-state index contributed by atoms with van der Waals surface area (Å²) in [6.45, 7) is 2.07. The molecule has 0 spiro atoms. The van der Waals surface area contributed by atoms with Crippen LogP contribution in [0.2, 0.25) is 0 Å². The molecule has 1 unspecified atom stereocenters. The second-order valence-corrected chi connectivity index (χ2v) is 5.37. The zero-order valence-corrected chi connectivity index (χ0v) is 12.6. The van der Waals surface area contributed by atoms with Gasteiger partial charge in [-0.1, -0.05) is 0 Å². The first kappa shape index (κ1) is 15.6. The molecule has 1 aromatic rings. The molecule has 1 aliphatic heterocycles. The number of hydrogen-bond donors (Lipinski definition) is 1. The van der Waals surface area contributed by atoms with Crippen LogP contribution in [-0.2, 0) is 4.79 Å². The average molecular weight is 292 g/mol. The van der Waals surface area contributed by atoms with Crippen molar-refractivity contribution in [3.63, 3.8) is 0 Å². The number of nitrogens with zero attached hydrogens (tertiary/aromatic N) is 1. The van der Waals surface area contributed by atoms with Crippen LogP contribution in [0.15, 0.2) is 24.3 Å². The van der Waals surface area contributed by atoms with E-state index in [-0.39, 0.29) is 11.9 Å². The van der Waals surface area contributed by atoms with Crippen molar-refractivity contribution in [3.05, 3.63) is 24.3 Å². The maximum Gasteiger partial charge on any atom is 0.222 e.